The highest BCUT2D eigenvalue weighted by Gasteiger charge is 2.05. The molecule has 0 aliphatic rings. The molecule has 0 saturated carbocycles. The Morgan fingerprint density at radius 3 is 2.88 bits per heavy atom. The van der Waals surface area contributed by atoms with E-state index < -0.39 is 0 Å². The van der Waals surface area contributed by atoms with Gasteiger partial charge in [-0.3, -0.25) is 4.98 Å². The third-order valence-corrected chi connectivity index (χ3v) is 2.20. The molecule has 2 aromatic rings. The summed E-state index contributed by atoms with van der Waals surface area (Å²) < 4.78 is 10.4. The first kappa shape index (κ1) is 11.5. The van der Waals surface area contributed by atoms with Crippen LogP contribution in [0.3, 0.4) is 0 Å². The van der Waals surface area contributed by atoms with E-state index in [1.54, 1.807) is 6.20 Å². The molecule has 0 aromatic carbocycles. The third kappa shape index (κ3) is 3.01. The first-order valence-corrected chi connectivity index (χ1v) is 5.41. The molecule has 6 nitrogen and oxygen atoms in total. The summed E-state index contributed by atoms with van der Waals surface area (Å²) in [5, 5.41) is 3.78. The van der Waals surface area contributed by atoms with Gasteiger partial charge in [0.1, 0.15) is 5.75 Å². The summed E-state index contributed by atoms with van der Waals surface area (Å²) in [6.07, 6.45) is 2.37. The number of ether oxygens (including phenoxy) is 1. The van der Waals surface area contributed by atoms with Crippen molar-refractivity contribution in [3.8, 4) is 5.75 Å². The summed E-state index contributed by atoms with van der Waals surface area (Å²) in [6.45, 7) is 2.63. The van der Waals surface area contributed by atoms with Gasteiger partial charge in [0.05, 0.1) is 11.9 Å². The van der Waals surface area contributed by atoms with Crippen LogP contribution in [0.15, 0.2) is 22.9 Å². The van der Waals surface area contributed by atoms with E-state index in [1.807, 2.05) is 19.1 Å². The van der Waals surface area contributed by atoms with Gasteiger partial charge >= 0.3 is 0 Å². The lowest BCUT2D eigenvalue weighted by molar-refractivity contribution is 0.241. The van der Waals surface area contributed by atoms with Gasteiger partial charge in [-0.05, 0) is 12.1 Å². The standard InChI is InChI=1S/C11H14N4O2/c1-2-10-14-11(17-15-10)7-16-9-4-3-8(5-12)13-6-9/h3-4,6H,2,5,7,12H2,1H3. The van der Waals surface area contributed by atoms with Crippen molar-refractivity contribution < 1.29 is 9.26 Å². The van der Waals surface area contributed by atoms with Gasteiger partial charge in [-0.25, -0.2) is 0 Å². The van der Waals surface area contributed by atoms with Crippen LogP contribution in [0.1, 0.15) is 24.3 Å². The van der Waals surface area contributed by atoms with Gasteiger partial charge in [-0.15, -0.1) is 0 Å². The summed E-state index contributed by atoms with van der Waals surface area (Å²) in [5.74, 6) is 1.79. The Morgan fingerprint density at radius 1 is 1.41 bits per heavy atom. The lowest BCUT2D eigenvalue weighted by Crippen LogP contribution is -2.00. The summed E-state index contributed by atoms with van der Waals surface area (Å²) >= 11 is 0. The average Bonchev–Trinajstić information content (AvgIpc) is 2.85. The molecule has 6 heteroatoms. The number of pyridine rings is 1. The Bertz CT molecular complexity index is 467. The zero-order chi connectivity index (χ0) is 12.1. The van der Waals surface area contributed by atoms with Crippen LogP contribution in [0, 0.1) is 0 Å². The largest absolute Gasteiger partial charge is 0.482 e. The SMILES string of the molecule is CCc1noc(COc2ccc(CN)nc2)n1. The first-order valence-electron chi connectivity index (χ1n) is 5.41. The van der Waals surface area contributed by atoms with Crippen LogP contribution in [0.25, 0.3) is 0 Å². The maximum atomic E-state index is 5.45. The number of nitrogens with two attached hydrogens (primary N) is 1. The van der Waals surface area contributed by atoms with Gasteiger partial charge < -0.3 is 15.0 Å². The van der Waals surface area contributed by atoms with E-state index >= 15 is 0 Å². The average molecular weight is 234 g/mol. The van der Waals surface area contributed by atoms with E-state index in [1.165, 1.54) is 0 Å². The molecule has 0 fully saturated rings. The molecule has 17 heavy (non-hydrogen) atoms. The molecule has 0 saturated heterocycles. The van der Waals surface area contributed by atoms with Gasteiger partial charge in [-0.2, -0.15) is 4.98 Å². The summed E-state index contributed by atoms with van der Waals surface area (Å²) in [5.41, 5.74) is 6.27. The van der Waals surface area contributed by atoms with E-state index in [0.29, 0.717) is 24.0 Å². The Balaban J connectivity index is 1.92. The maximum Gasteiger partial charge on any atom is 0.264 e. The summed E-state index contributed by atoms with van der Waals surface area (Å²) in [4.78, 5) is 8.25. The van der Waals surface area contributed by atoms with Crippen molar-refractivity contribution in [3.63, 3.8) is 0 Å². The lowest BCUT2D eigenvalue weighted by Gasteiger charge is -2.02. The van der Waals surface area contributed by atoms with Crippen LogP contribution in [0.2, 0.25) is 0 Å². The molecule has 0 amide bonds. The molecule has 2 rings (SSSR count). The van der Waals surface area contributed by atoms with E-state index in [2.05, 4.69) is 15.1 Å². The van der Waals surface area contributed by atoms with Gasteiger partial charge in [0, 0.05) is 13.0 Å². The second kappa shape index (κ2) is 5.40. The van der Waals surface area contributed by atoms with Crippen LogP contribution in [0.4, 0.5) is 0 Å². The molecular weight excluding hydrogens is 220 g/mol. The molecule has 0 aliphatic carbocycles. The first-order chi connectivity index (χ1) is 8.31. The molecule has 2 heterocycles. The van der Waals surface area contributed by atoms with E-state index in [4.69, 9.17) is 15.0 Å². The second-order valence-electron chi connectivity index (χ2n) is 3.44. The summed E-state index contributed by atoms with van der Waals surface area (Å²) in [6, 6.07) is 3.63. The van der Waals surface area contributed by atoms with Gasteiger partial charge in [0.2, 0.25) is 0 Å². The van der Waals surface area contributed by atoms with Gasteiger partial charge in [0.15, 0.2) is 12.4 Å². The zero-order valence-corrected chi connectivity index (χ0v) is 9.59. The van der Waals surface area contributed by atoms with Crippen LogP contribution >= 0.6 is 0 Å². The molecule has 0 aliphatic heterocycles. The van der Waals surface area contributed by atoms with Crippen molar-refractivity contribution in [1.82, 2.24) is 15.1 Å². The van der Waals surface area contributed by atoms with E-state index in [9.17, 15) is 0 Å². The van der Waals surface area contributed by atoms with Gasteiger partial charge in [-0.1, -0.05) is 12.1 Å². The monoisotopic (exact) mass is 234 g/mol. The smallest absolute Gasteiger partial charge is 0.264 e. The Morgan fingerprint density at radius 2 is 2.29 bits per heavy atom. The fourth-order valence-electron chi connectivity index (χ4n) is 1.25. The fourth-order valence-corrected chi connectivity index (χ4v) is 1.25. The molecule has 2 aromatic heterocycles. The second-order valence-corrected chi connectivity index (χ2v) is 3.44. The Kier molecular flexibility index (Phi) is 3.66. The highest BCUT2D eigenvalue weighted by Crippen LogP contribution is 2.11. The molecule has 0 atom stereocenters. The Labute approximate surface area is 98.8 Å². The molecular formula is C11H14N4O2. The van der Waals surface area contributed by atoms with Crippen molar-refractivity contribution in [1.29, 1.82) is 0 Å². The minimum absolute atomic E-state index is 0.247. The highest BCUT2D eigenvalue weighted by atomic mass is 16.5. The number of aryl methyl sites for hydroxylation is 1. The summed E-state index contributed by atoms with van der Waals surface area (Å²) in [7, 11) is 0. The van der Waals surface area contributed by atoms with Crippen LogP contribution in [0.5, 0.6) is 5.75 Å². The normalized spacial score (nSPS) is 10.5. The minimum atomic E-state index is 0.247. The van der Waals surface area contributed by atoms with Crippen LogP contribution in [-0.2, 0) is 19.6 Å². The van der Waals surface area contributed by atoms with Crippen molar-refractivity contribution >= 4 is 0 Å². The molecule has 0 spiro atoms. The van der Waals surface area contributed by atoms with Crippen molar-refractivity contribution in [2.75, 3.05) is 0 Å². The Hall–Kier alpha value is -1.95. The molecule has 0 unspecified atom stereocenters. The predicted molar refractivity (Wildman–Crippen MR) is 60.1 cm³/mol. The molecule has 0 bridgehead atoms. The quantitative estimate of drug-likeness (QED) is 0.832. The highest BCUT2D eigenvalue weighted by molar-refractivity contribution is 5.19. The number of hydrogen-bond donors (Lipinski definition) is 1. The predicted octanol–water partition coefficient (Wildman–Crippen LogP) is 1.06. The van der Waals surface area contributed by atoms with Crippen molar-refractivity contribution in [2.24, 2.45) is 5.73 Å². The number of hydrogen-bond acceptors (Lipinski definition) is 6. The van der Waals surface area contributed by atoms with Crippen LogP contribution in [-0.4, -0.2) is 15.1 Å². The van der Waals surface area contributed by atoms with Crippen molar-refractivity contribution in [3.05, 3.63) is 35.7 Å². The van der Waals surface area contributed by atoms with E-state index in [0.717, 1.165) is 12.1 Å². The number of rotatable bonds is 5. The maximum absolute atomic E-state index is 5.45. The molecule has 90 valence electrons. The van der Waals surface area contributed by atoms with Crippen molar-refractivity contribution in [2.45, 2.75) is 26.5 Å². The van der Waals surface area contributed by atoms with Gasteiger partial charge in [0.25, 0.3) is 5.89 Å². The van der Waals surface area contributed by atoms with E-state index in [-0.39, 0.29) is 6.61 Å². The number of nitrogens with zero attached hydrogens (tertiary/aromatic N) is 3. The minimum Gasteiger partial charge on any atom is -0.482 e. The number of aromatic nitrogens is 3. The lowest BCUT2D eigenvalue weighted by atomic mass is 10.3. The fraction of sp³-hybridized carbons (Fsp3) is 0.364. The molecule has 0 radical (unpaired) electrons. The molecule has 2 N–H and O–H groups in total. The van der Waals surface area contributed by atoms with Crippen LogP contribution < -0.4 is 10.5 Å². The third-order valence-electron chi connectivity index (χ3n) is 2.20. The zero-order valence-electron chi connectivity index (χ0n) is 9.59. The topological polar surface area (TPSA) is 87.1 Å².